The molecule has 35 heavy (non-hydrogen) atoms. The summed E-state index contributed by atoms with van der Waals surface area (Å²) in [5.74, 6) is 0.199. The zero-order valence-corrected chi connectivity index (χ0v) is 19.3. The van der Waals surface area contributed by atoms with Crippen LogP contribution in [0.25, 0.3) is 16.5 Å². The van der Waals surface area contributed by atoms with Crippen LogP contribution in [0.3, 0.4) is 0 Å². The number of pyridine rings is 1. The van der Waals surface area contributed by atoms with Gasteiger partial charge in [0.15, 0.2) is 0 Å². The van der Waals surface area contributed by atoms with Gasteiger partial charge in [-0.15, -0.1) is 0 Å². The van der Waals surface area contributed by atoms with Crippen LogP contribution in [0.15, 0.2) is 83.8 Å². The molecule has 1 aliphatic heterocycles. The minimum Gasteiger partial charge on any atom is -0.497 e. The molecule has 1 amide bonds. The second-order valence-corrected chi connectivity index (χ2v) is 8.36. The van der Waals surface area contributed by atoms with Crippen LogP contribution in [0.1, 0.15) is 28.8 Å². The van der Waals surface area contributed by atoms with Crippen LogP contribution in [0.2, 0.25) is 0 Å². The maximum absolute atomic E-state index is 13.2. The van der Waals surface area contributed by atoms with E-state index in [0.717, 1.165) is 24.2 Å². The van der Waals surface area contributed by atoms with Crippen LogP contribution < -0.4 is 15.2 Å². The SMILES string of the molecule is COc1cccc(-n2cc(C(=O)OCc3ccc(N4CCCC4=O)cc3)c3ccccc3c2=O)c1. The summed E-state index contributed by atoms with van der Waals surface area (Å²) in [6.07, 6.45) is 2.96. The second-order valence-electron chi connectivity index (χ2n) is 8.36. The number of esters is 1. The molecule has 176 valence electrons. The maximum atomic E-state index is 13.2. The molecule has 0 saturated carbocycles. The molecule has 4 aromatic rings. The lowest BCUT2D eigenvalue weighted by atomic mass is 10.1. The molecule has 3 aromatic carbocycles. The number of carbonyl (C=O) groups excluding carboxylic acids is 2. The van der Waals surface area contributed by atoms with E-state index in [-0.39, 0.29) is 18.1 Å². The van der Waals surface area contributed by atoms with Crippen molar-refractivity contribution in [3.63, 3.8) is 0 Å². The molecular weight excluding hydrogens is 444 g/mol. The fourth-order valence-electron chi connectivity index (χ4n) is 4.33. The van der Waals surface area contributed by atoms with E-state index in [1.807, 2.05) is 24.3 Å². The Morgan fingerprint density at radius 1 is 0.914 bits per heavy atom. The number of amides is 1. The predicted molar refractivity (Wildman–Crippen MR) is 133 cm³/mol. The molecule has 0 bridgehead atoms. The number of rotatable bonds is 6. The number of hydrogen-bond donors (Lipinski definition) is 0. The monoisotopic (exact) mass is 468 g/mol. The molecule has 1 fully saturated rings. The van der Waals surface area contributed by atoms with Gasteiger partial charge in [0.1, 0.15) is 12.4 Å². The van der Waals surface area contributed by atoms with Crippen molar-refractivity contribution in [2.24, 2.45) is 0 Å². The topological polar surface area (TPSA) is 77.8 Å². The van der Waals surface area contributed by atoms with Crippen molar-refractivity contribution in [3.8, 4) is 11.4 Å². The summed E-state index contributed by atoms with van der Waals surface area (Å²) < 4.78 is 12.3. The lowest BCUT2D eigenvalue weighted by molar-refractivity contribution is -0.117. The standard InChI is InChI=1S/C28H24N2O5/c1-34-22-7-4-6-21(16-22)30-17-25(23-8-2-3-9-24(23)27(30)32)28(33)35-18-19-11-13-20(14-12-19)29-15-5-10-26(29)31/h2-4,6-9,11-14,16-17H,5,10,15,18H2,1H3. The molecule has 5 rings (SSSR count). The van der Waals surface area contributed by atoms with Crippen molar-refractivity contribution in [1.29, 1.82) is 0 Å². The normalized spacial score (nSPS) is 13.3. The molecule has 7 nitrogen and oxygen atoms in total. The summed E-state index contributed by atoms with van der Waals surface area (Å²) in [5, 5.41) is 0.953. The van der Waals surface area contributed by atoms with Crippen LogP contribution in [-0.4, -0.2) is 30.1 Å². The highest BCUT2D eigenvalue weighted by atomic mass is 16.5. The van der Waals surface area contributed by atoms with Crippen molar-refractivity contribution in [2.75, 3.05) is 18.6 Å². The molecule has 0 atom stereocenters. The molecule has 7 heteroatoms. The van der Waals surface area contributed by atoms with Gasteiger partial charge in [0.2, 0.25) is 5.91 Å². The Hall–Kier alpha value is -4.39. The van der Waals surface area contributed by atoms with E-state index in [9.17, 15) is 14.4 Å². The summed E-state index contributed by atoms with van der Waals surface area (Å²) in [6.45, 7) is 0.795. The van der Waals surface area contributed by atoms with Gasteiger partial charge in [0, 0.05) is 41.7 Å². The van der Waals surface area contributed by atoms with E-state index >= 15 is 0 Å². The number of fused-ring (bicyclic) bond motifs is 1. The van der Waals surface area contributed by atoms with E-state index in [1.54, 1.807) is 60.5 Å². The zero-order valence-electron chi connectivity index (χ0n) is 19.3. The highest BCUT2D eigenvalue weighted by Gasteiger charge is 2.21. The molecule has 0 spiro atoms. The third-order valence-electron chi connectivity index (χ3n) is 6.17. The number of methoxy groups -OCH3 is 1. The average molecular weight is 469 g/mol. The predicted octanol–water partition coefficient (Wildman–Crippen LogP) is 4.48. The third-order valence-corrected chi connectivity index (χ3v) is 6.17. The summed E-state index contributed by atoms with van der Waals surface area (Å²) in [7, 11) is 1.56. The molecule has 0 aliphatic carbocycles. The first-order valence-electron chi connectivity index (χ1n) is 11.4. The minimum atomic E-state index is -0.531. The van der Waals surface area contributed by atoms with E-state index < -0.39 is 5.97 Å². The van der Waals surface area contributed by atoms with Crippen LogP contribution in [0.4, 0.5) is 5.69 Å². The first-order chi connectivity index (χ1) is 17.0. The number of benzene rings is 3. The first kappa shape index (κ1) is 22.4. The van der Waals surface area contributed by atoms with Gasteiger partial charge >= 0.3 is 5.97 Å². The smallest absolute Gasteiger partial charge is 0.340 e. The van der Waals surface area contributed by atoms with Gasteiger partial charge < -0.3 is 14.4 Å². The van der Waals surface area contributed by atoms with E-state index in [4.69, 9.17) is 9.47 Å². The molecule has 1 aromatic heterocycles. The van der Waals surface area contributed by atoms with Gasteiger partial charge in [-0.2, -0.15) is 0 Å². The maximum Gasteiger partial charge on any atom is 0.340 e. The molecule has 0 N–H and O–H groups in total. The van der Waals surface area contributed by atoms with Crippen LogP contribution in [0, 0.1) is 0 Å². The summed E-state index contributed by atoms with van der Waals surface area (Å²) in [6, 6.07) is 21.5. The Morgan fingerprint density at radius 3 is 2.40 bits per heavy atom. The average Bonchev–Trinajstić information content (AvgIpc) is 3.33. The van der Waals surface area contributed by atoms with Crippen molar-refractivity contribution < 1.29 is 19.1 Å². The van der Waals surface area contributed by atoms with E-state index in [1.165, 1.54) is 10.8 Å². The van der Waals surface area contributed by atoms with E-state index in [2.05, 4.69) is 0 Å². The van der Waals surface area contributed by atoms with Crippen molar-refractivity contribution in [3.05, 3.63) is 100 Å². The number of aromatic nitrogens is 1. The number of nitrogens with zero attached hydrogens (tertiary/aromatic N) is 2. The lowest BCUT2D eigenvalue weighted by Crippen LogP contribution is -2.23. The number of anilines is 1. The van der Waals surface area contributed by atoms with Crippen molar-refractivity contribution in [2.45, 2.75) is 19.4 Å². The molecule has 0 radical (unpaired) electrons. The first-order valence-corrected chi connectivity index (χ1v) is 11.4. The second kappa shape index (κ2) is 9.46. The molecule has 1 saturated heterocycles. The number of carbonyl (C=O) groups is 2. The largest absolute Gasteiger partial charge is 0.497 e. The quantitative estimate of drug-likeness (QED) is 0.390. The van der Waals surface area contributed by atoms with Crippen LogP contribution >= 0.6 is 0 Å². The number of hydrogen-bond acceptors (Lipinski definition) is 5. The van der Waals surface area contributed by atoms with Gasteiger partial charge in [-0.25, -0.2) is 4.79 Å². The van der Waals surface area contributed by atoms with Crippen molar-refractivity contribution in [1.82, 2.24) is 4.57 Å². The zero-order chi connectivity index (χ0) is 24.4. The van der Waals surface area contributed by atoms with Crippen LogP contribution in [0.5, 0.6) is 5.75 Å². The Labute approximate surface area is 202 Å². The minimum absolute atomic E-state index is 0.0691. The molecule has 0 unspecified atom stereocenters. The summed E-state index contributed by atoms with van der Waals surface area (Å²) in [4.78, 5) is 40.1. The Balaban J connectivity index is 1.43. The molecular formula is C28H24N2O5. The Bertz CT molecular complexity index is 1470. The van der Waals surface area contributed by atoms with Gasteiger partial charge in [0.05, 0.1) is 18.4 Å². The van der Waals surface area contributed by atoms with Crippen LogP contribution in [-0.2, 0) is 16.1 Å². The molecule has 2 heterocycles. The Morgan fingerprint density at radius 2 is 1.69 bits per heavy atom. The highest BCUT2D eigenvalue weighted by Crippen LogP contribution is 2.23. The fraction of sp³-hybridized carbons (Fsp3) is 0.179. The fourth-order valence-corrected chi connectivity index (χ4v) is 4.33. The van der Waals surface area contributed by atoms with Gasteiger partial charge in [-0.05, 0) is 42.3 Å². The summed E-state index contributed by atoms with van der Waals surface area (Å²) >= 11 is 0. The number of ether oxygens (including phenoxy) is 2. The van der Waals surface area contributed by atoms with E-state index in [0.29, 0.717) is 34.2 Å². The van der Waals surface area contributed by atoms with Gasteiger partial charge in [0.25, 0.3) is 5.56 Å². The van der Waals surface area contributed by atoms with Gasteiger partial charge in [-0.3, -0.25) is 14.2 Å². The van der Waals surface area contributed by atoms with Crippen molar-refractivity contribution >= 4 is 28.3 Å². The van der Waals surface area contributed by atoms with Gasteiger partial charge in [-0.1, -0.05) is 36.4 Å². The Kier molecular flexibility index (Phi) is 6.06. The highest BCUT2D eigenvalue weighted by molar-refractivity contribution is 6.04. The summed E-state index contributed by atoms with van der Waals surface area (Å²) in [5.41, 5.74) is 2.29. The molecule has 1 aliphatic rings. The lowest BCUT2D eigenvalue weighted by Gasteiger charge is -2.16. The third kappa shape index (κ3) is 4.40.